The molecule has 0 spiro atoms. The Hall–Kier alpha value is -3.98. The maximum atomic E-state index is 16.3. The molecule has 1 aromatic rings. The summed E-state index contributed by atoms with van der Waals surface area (Å²) in [6.07, 6.45) is -0.151. The normalized spacial score (nSPS) is 35.7. The molecule has 1 amide bonds. The predicted molar refractivity (Wildman–Crippen MR) is 246 cm³/mol. The molecular weight excluding hydrogens is 908 g/mol. The number of carbonyl (C=O) groups is 4. The van der Waals surface area contributed by atoms with E-state index in [1.807, 2.05) is 19.9 Å². The van der Waals surface area contributed by atoms with Gasteiger partial charge in [-0.05, 0) is 113 Å². The highest BCUT2D eigenvalue weighted by Gasteiger charge is 2.57. The number of rotatable bonds is 10. The zero-order valence-corrected chi connectivity index (χ0v) is 41.6. The van der Waals surface area contributed by atoms with Gasteiger partial charge in [0.15, 0.2) is 4.90 Å². The fourth-order valence-electron chi connectivity index (χ4n) is 10.4. The number of Topliss-reactive ketones (excluding diaryl/α,β-unsaturated/α-hetero) is 2. The Kier molecular flexibility index (Phi) is 19.2. The lowest BCUT2D eigenvalue weighted by molar-refractivity contribution is -0.387. The van der Waals surface area contributed by atoms with Crippen molar-refractivity contribution in [2.45, 2.75) is 172 Å². The molecule has 2 bridgehead atoms. The third-order valence-corrected chi connectivity index (χ3v) is 15.9. The number of alkyl halides is 1. The Morgan fingerprint density at radius 2 is 1.60 bits per heavy atom. The van der Waals surface area contributed by atoms with Gasteiger partial charge in [-0.3, -0.25) is 28.7 Å². The van der Waals surface area contributed by atoms with Crippen LogP contribution in [0.3, 0.4) is 0 Å². The van der Waals surface area contributed by atoms with E-state index in [2.05, 4.69) is 0 Å². The van der Waals surface area contributed by atoms with E-state index in [0.29, 0.717) is 36.8 Å². The number of esters is 1. The number of nitro benzene ring substituents is 1. The summed E-state index contributed by atoms with van der Waals surface area (Å²) in [7, 11) is -0.291. The van der Waals surface area contributed by atoms with E-state index in [0.717, 1.165) is 17.0 Å². The van der Waals surface area contributed by atoms with Crippen LogP contribution < -0.4 is 0 Å². The lowest BCUT2D eigenvalue weighted by atomic mass is 9.81. The van der Waals surface area contributed by atoms with Gasteiger partial charge in [0.2, 0.25) is 5.79 Å². The summed E-state index contributed by atoms with van der Waals surface area (Å²) in [6, 6.07) is 3.73. The van der Waals surface area contributed by atoms with Crippen LogP contribution in [0.2, 0.25) is 0 Å². The quantitative estimate of drug-likeness (QED) is 0.0638. The number of methoxy groups -OCH3 is 3. The van der Waals surface area contributed by atoms with Crippen molar-refractivity contribution in [2.75, 3.05) is 27.9 Å². The van der Waals surface area contributed by atoms with Gasteiger partial charge in [-0.1, -0.05) is 52.0 Å². The molecular formula is C49H71FN2O15S. The van der Waals surface area contributed by atoms with E-state index < -0.39 is 122 Å². The van der Waals surface area contributed by atoms with Crippen LogP contribution in [0.1, 0.15) is 112 Å². The van der Waals surface area contributed by atoms with Crippen LogP contribution >= 0.6 is 0 Å². The van der Waals surface area contributed by atoms with Gasteiger partial charge in [-0.15, -0.1) is 0 Å². The van der Waals surface area contributed by atoms with E-state index in [4.69, 9.17) is 27.9 Å². The summed E-state index contributed by atoms with van der Waals surface area (Å²) in [5.74, 6) is -8.77. The topological polar surface area (TPSA) is 224 Å². The second-order valence-corrected chi connectivity index (χ2v) is 20.8. The van der Waals surface area contributed by atoms with Gasteiger partial charge < -0.3 is 33.7 Å². The number of para-hydroxylation sites is 1. The van der Waals surface area contributed by atoms with Gasteiger partial charge in [0.25, 0.3) is 17.4 Å². The van der Waals surface area contributed by atoms with Gasteiger partial charge in [0.1, 0.15) is 36.3 Å². The standard InChI is InChI=1S/C49H71FN2O15S/c1-10-34-24-29(3)43(50)30(4)25-40(63-8)45-41(64-9)26-32(6)49(57,66-45)46(54)47(55)51-22-14-13-16-36(51)48(56)65-44(28(2)18-20-37(34)53)31(5)23-33-19-21-38(39(27-33)62-7)67-68(60,61)42-17-12-11-15-35(42)52(58)59/h11-12,15,17,23-24,28,30,32-34,36,38-41,43-45,57H,10,13-14,16,18-22,25-27H2,1-9H3. The Bertz CT molecular complexity index is 2150. The van der Waals surface area contributed by atoms with E-state index in [1.165, 1.54) is 33.5 Å². The van der Waals surface area contributed by atoms with Gasteiger partial charge in [0.05, 0.1) is 23.2 Å². The molecule has 0 aromatic heterocycles. The monoisotopic (exact) mass is 978 g/mol. The summed E-state index contributed by atoms with van der Waals surface area (Å²) >= 11 is 0. The first-order valence-electron chi connectivity index (χ1n) is 23.9. The SMILES string of the molecule is CCC1C=C(C)C(F)C(C)CC(OC)C2OC(O)(C(=O)C(=O)N3CCCCC3C(=O)OC(C(C)=CC3CCC(OS(=O)(=O)c4ccccc4[N+](=O)[O-])C(OC)C3)C(C)CCC1=O)C(C)CC2OC. The number of aliphatic hydroxyl groups is 1. The number of ether oxygens (including phenoxy) is 5. The number of halogens is 1. The average Bonchev–Trinajstić information content (AvgIpc) is 3.32. The third-order valence-electron chi connectivity index (χ3n) is 14.5. The highest BCUT2D eigenvalue weighted by atomic mass is 32.2. The Balaban J connectivity index is 1.47. The molecule has 3 aliphatic heterocycles. The van der Waals surface area contributed by atoms with Crippen molar-refractivity contribution in [2.24, 2.45) is 29.6 Å². The number of amides is 1. The van der Waals surface area contributed by atoms with Crippen LogP contribution in [-0.4, -0.2) is 129 Å². The molecule has 0 radical (unpaired) electrons. The Morgan fingerprint density at radius 1 is 0.941 bits per heavy atom. The highest BCUT2D eigenvalue weighted by Crippen LogP contribution is 2.40. The summed E-state index contributed by atoms with van der Waals surface area (Å²) in [4.78, 5) is 68.4. The lowest BCUT2D eigenvalue weighted by Crippen LogP contribution is -2.64. The van der Waals surface area contributed by atoms with Crippen molar-refractivity contribution in [3.05, 3.63) is 57.7 Å². The molecule has 1 N–H and O–H groups in total. The fourth-order valence-corrected chi connectivity index (χ4v) is 11.7. The minimum absolute atomic E-state index is 0.0282. The Labute approximate surface area is 399 Å². The molecule has 4 aliphatic rings. The number of hydrogen-bond donors (Lipinski definition) is 1. The molecule has 14 atom stereocenters. The van der Waals surface area contributed by atoms with Crippen molar-refractivity contribution in [1.29, 1.82) is 0 Å². The van der Waals surface area contributed by atoms with E-state index in [-0.39, 0.29) is 63.2 Å². The summed E-state index contributed by atoms with van der Waals surface area (Å²) < 4.78 is 78.4. The number of allylic oxidation sites excluding steroid dienone is 3. The number of hydrogen-bond acceptors (Lipinski definition) is 15. The summed E-state index contributed by atoms with van der Waals surface area (Å²) in [6.45, 7) is 10.4. The van der Waals surface area contributed by atoms with Crippen LogP contribution in [0.25, 0.3) is 0 Å². The molecule has 5 rings (SSSR count). The molecule has 1 saturated carbocycles. The smallest absolute Gasteiger partial charge is 0.329 e. The van der Waals surface area contributed by atoms with E-state index in [9.17, 15) is 42.8 Å². The van der Waals surface area contributed by atoms with Gasteiger partial charge in [-0.2, -0.15) is 8.42 Å². The fraction of sp³-hybridized carbons (Fsp3) is 0.714. The molecule has 19 heteroatoms. The van der Waals surface area contributed by atoms with Crippen molar-refractivity contribution in [3.8, 4) is 0 Å². The number of nitro groups is 1. The first-order chi connectivity index (χ1) is 32.1. The largest absolute Gasteiger partial charge is 0.456 e. The third kappa shape index (κ3) is 12.5. The summed E-state index contributed by atoms with van der Waals surface area (Å²) in [5, 5.41) is 23.7. The van der Waals surface area contributed by atoms with Gasteiger partial charge in [0, 0.05) is 52.2 Å². The molecule has 2 saturated heterocycles. The van der Waals surface area contributed by atoms with Gasteiger partial charge in [-0.25, -0.2) is 9.18 Å². The number of carbonyl (C=O) groups excluding carboxylic acids is 4. The first-order valence-corrected chi connectivity index (χ1v) is 25.3. The van der Waals surface area contributed by atoms with Crippen molar-refractivity contribution in [1.82, 2.24) is 4.90 Å². The van der Waals surface area contributed by atoms with Crippen molar-refractivity contribution < 1.29 is 69.9 Å². The Morgan fingerprint density at radius 3 is 2.25 bits per heavy atom. The van der Waals surface area contributed by atoms with E-state index >= 15 is 4.39 Å². The maximum Gasteiger partial charge on any atom is 0.329 e. The van der Waals surface area contributed by atoms with Crippen LogP contribution in [0, 0.1) is 39.7 Å². The number of nitrogens with zero attached hydrogens (tertiary/aromatic N) is 2. The predicted octanol–water partition coefficient (Wildman–Crippen LogP) is 6.77. The first kappa shape index (κ1) is 55.0. The van der Waals surface area contributed by atoms with Crippen LogP contribution in [0.15, 0.2) is 52.5 Å². The van der Waals surface area contributed by atoms with Crippen molar-refractivity contribution >= 4 is 39.2 Å². The number of cyclic esters (lactones) is 1. The second-order valence-electron chi connectivity index (χ2n) is 19.3. The number of piperidine rings is 1. The van der Waals surface area contributed by atoms with Crippen LogP contribution in [0.4, 0.5) is 10.1 Å². The minimum Gasteiger partial charge on any atom is -0.456 e. The zero-order chi connectivity index (χ0) is 50.2. The second kappa shape index (κ2) is 23.8. The van der Waals surface area contributed by atoms with Crippen molar-refractivity contribution in [3.63, 3.8) is 0 Å². The highest BCUT2D eigenvalue weighted by molar-refractivity contribution is 7.87. The van der Waals surface area contributed by atoms with Gasteiger partial charge >= 0.3 is 16.1 Å². The number of fused-ring (bicyclic) bond motifs is 3. The molecule has 1 aliphatic carbocycles. The molecule has 68 heavy (non-hydrogen) atoms. The molecule has 1 aromatic carbocycles. The molecule has 17 nitrogen and oxygen atoms in total. The number of ketones is 2. The zero-order valence-electron chi connectivity index (χ0n) is 40.8. The minimum atomic E-state index is -4.56. The maximum absolute atomic E-state index is 16.3. The molecule has 3 fully saturated rings. The summed E-state index contributed by atoms with van der Waals surface area (Å²) in [5.41, 5.74) is 0.369. The molecule has 3 heterocycles. The van der Waals surface area contributed by atoms with Crippen LogP contribution in [0.5, 0.6) is 0 Å². The lowest BCUT2D eigenvalue weighted by Gasteiger charge is -2.47. The molecule has 14 unspecified atom stereocenters. The average molecular weight is 979 g/mol. The number of benzene rings is 1. The van der Waals surface area contributed by atoms with Crippen LogP contribution in [-0.2, 0) is 57.2 Å². The molecule has 380 valence electrons. The van der Waals surface area contributed by atoms with E-state index in [1.54, 1.807) is 33.8 Å².